The van der Waals surface area contributed by atoms with Crippen molar-refractivity contribution >= 4 is 21.4 Å². The lowest BCUT2D eigenvalue weighted by Crippen LogP contribution is -2.36. The molecule has 116 valence electrons. The van der Waals surface area contributed by atoms with Crippen molar-refractivity contribution in [3.8, 4) is 0 Å². The molecule has 0 aromatic carbocycles. The summed E-state index contributed by atoms with van der Waals surface area (Å²) in [5.74, 6) is 0. The van der Waals surface area contributed by atoms with Crippen LogP contribution in [-0.2, 0) is 15.4 Å². The second-order valence-corrected chi connectivity index (χ2v) is 8.59. The highest BCUT2D eigenvalue weighted by atomic mass is 32.2. The highest BCUT2D eigenvalue weighted by Gasteiger charge is 2.29. The number of alkyl halides is 2. The summed E-state index contributed by atoms with van der Waals surface area (Å²) < 4.78 is 50.2. The number of halogens is 2. The van der Waals surface area contributed by atoms with Gasteiger partial charge in [-0.05, 0) is 17.5 Å². The molecule has 8 heteroatoms. The van der Waals surface area contributed by atoms with E-state index in [0.29, 0.717) is 4.31 Å². The fraction of sp³-hybridized carbons (Fsp3) is 0.667. The van der Waals surface area contributed by atoms with Crippen LogP contribution in [0.3, 0.4) is 0 Å². The molecule has 0 saturated carbocycles. The minimum absolute atomic E-state index is 0.0246. The maximum atomic E-state index is 12.5. The Morgan fingerprint density at radius 2 is 1.95 bits per heavy atom. The van der Waals surface area contributed by atoms with Crippen LogP contribution in [0.1, 0.15) is 25.6 Å². The highest BCUT2D eigenvalue weighted by molar-refractivity contribution is 7.91. The van der Waals surface area contributed by atoms with Gasteiger partial charge in [-0.15, -0.1) is 11.3 Å². The van der Waals surface area contributed by atoms with Gasteiger partial charge in [0.05, 0.1) is 13.2 Å². The van der Waals surface area contributed by atoms with E-state index in [4.69, 9.17) is 5.11 Å². The van der Waals surface area contributed by atoms with E-state index in [2.05, 4.69) is 0 Å². The molecule has 0 amide bonds. The third kappa shape index (κ3) is 4.21. The molecular formula is C12H19F2NO3S2. The van der Waals surface area contributed by atoms with Gasteiger partial charge < -0.3 is 5.11 Å². The van der Waals surface area contributed by atoms with Crippen LogP contribution in [0.15, 0.2) is 16.3 Å². The van der Waals surface area contributed by atoms with E-state index in [-0.39, 0.29) is 16.2 Å². The minimum atomic E-state index is -3.99. The van der Waals surface area contributed by atoms with Gasteiger partial charge in [0.1, 0.15) is 4.21 Å². The number of nitrogens with zero attached hydrogens (tertiary/aromatic N) is 1. The standard InChI is InChI=1S/C12H19F2NO3S2/c1-12(2,3)9-4-5-11(19-9)20(17,18)15(6-7-16)8-10(13)14/h4-5,10,16H,6-8H2,1-3H3. The van der Waals surface area contributed by atoms with E-state index < -0.39 is 29.6 Å². The summed E-state index contributed by atoms with van der Waals surface area (Å²) >= 11 is 1.07. The van der Waals surface area contributed by atoms with Crippen LogP contribution in [0, 0.1) is 0 Å². The molecule has 0 fully saturated rings. The van der Waals surface area contributed by atoms with Crippen molar-refractivity contribution < 1.29 is 22.3 Å². The van der Waals surface area contributed by atoms with Crippen molar-refractivity contribution in [2.75, 3.05) is 19.7 Å². The van der Waals surface area contributed by atoms with Gasteiger partial charge in [0.15, 0.2) is 0 Å². The number of sulfonamides is 1. The van der Waals surface area contributed by atoms with Gasteiger partial charge in [-0.3, -0.25) is 0 Å². The molecule has 1 heterocycles. The predicted molar refractivity (Wildman–Crippen MR) is 74.9 cm³/mol. The van der Waals surface area contributed by atoms with Crippen molar-refractivity contribution in [2.24, 2.45) is 0 Å². The minimum Gasteiger partial charge on any atom is -0.395 e. The summed E-state index contributed by atoms with van der Waals surface area (Å²) in [6.07, 6.45) is -2.78. The molecule has 0 aliphatic heterocycles. The molecule has 0 unspecified atom stereocenters. The molecule has 0 aliphatic rings. The fourth-order valence-electron chi connectivity index (χ4n) is 1.56. The number of aliphatic hydroxyl groups is 1. The van der Waals surface area contributed by atoms with Gasteiger partial charge in [-0.2, -0.15) is 4.31 Å². The molecule has 0 bridgehead atoms. The summed E-state index contributed by atoms with van der Waals surface area (Å²) in [6.45, 7) is 4.09. The van der Waals surface area contributed by atoms with Crippen molar-refractivity contribution in [3.05, 3.63) is 17.0 Å². The first-order chi connectivity index (χ1) is 9.09. The maximum Gasteiger partial charge on any atom is 0.252 e. The first-order valence-corrected chi connectivity index (χ1v) is 8.34. The summed E-state index contributed by atoms with van der Waals surface area (Å²) in [5, 5.41) is 8.85. The molecule has 4 nitrogen and oxygen atoms in total. The van der Waals surface area contributed by atoms with Gasteiger partial charge in [0, 0.05) is 11.4 Å². The summed E-state index contributed by atoms with van der Waals surface area (Å²) in [5.41, 5.74) is -0.205. The Labute approximate surface area is 122 Å². The molecule has 0 radical (unpaired) electrons. The van der Waals surface area contributed by atoms with E-state index >= 15 is 0 Å². The molecule has 0 aliphatic carbocycles. The van der Waals surface area contributed by atoms with E-state index in [1.165, 1.54) is 6.07 Å². The second-order valence-electron chi connectivity index (χ2n) is 5.35. The van der Waals surface area contributed by atoms with Crippen molar-refractivity contribution in [3.63, 3.8) is 0 Å². The third-order valence-corrected chi connectivity index (χ3v) is 6.45. The van der Waals surface area contributed by atoms with Gasteiger partial charge in [-0.1, -0.05) is 20.8 Å². The average Bonchev–Trinajstić information content (AvgIpc) is 2.77. The first kappa shape index (κ1) is 17.5. The number of aliphatic hydroxyl groups excluding tert-OH is 1. The number of rotatable bonds is 6. The van der Waals surface area contributed by atoms with Crippen LogP contribution in [0.4, 0.5) is 8.78 Å². The van der Waals surface area contributed by atoms with E-state index in [1.54, 1.807) is 6.07 Å². The Hall–Kier alpha value is -0.570. The summed E-state index contributed by atoms with van der Waals surface area (Å²) in [4.78, 5) is 0.858. The molecule has 0 saturated heterocycles. The fourth-order valence-corrected chi connectivity index (χ4v) is 4.49. The Kier molecular flexibility index (Phi) is 5.65. The molecule has 0 atom stereocenters. The van der Waals surface area contributed by atoms with Gasteiger partial charge in [-0.25, -0.2) is 17.2 Å². The predicted octanol–water partition coefficient (Wildman–Crippen LogP) is 2.29. The zero-order chi connectivity index (χ0) is 15.6. The van der Waals surface area contributed by atoms with Crippen LogP contribution in [-0.4, -0.2) is 44.0 Å². The first-order valence-electron chi connectivity index (χ1n) is 6.08. The Balaban J connectivity index is 3.10. The van der Waals surface area contributed by atoms with Crippen LogP contribution < -0.4 is 0 Å². The highest BCUT2D eigenvalue weighted by Crippen LogP contribution is 2.33. The third-order valence-electron chi connectivity index (χ3n) is 2.61. The van der Waals surface area contributed by atoms with Crippen LogP contribution in [0.2, 0.25) is 0 Å². The average molecular weight is 327 g/mol. The van der Waals surface area contributed by atoms with Crippen molar-refractivity contribution in [2.45, 2.75) is 36.8 Å². The Bertz CT molecular complexity index is 535. The SMILES string of the molecule is CC(C)(C)c1ccc(S(=O)(=O)N(CCO)CC(F)F)s1. The van der Waals surface area contributed by atoms with E-state index in [1.807, 2.05) is 20.8 Å². The Morgan fingerprint density at radius 1 is 1.35 bits per heavy atom. The number of thiophene rings is 1. The summed E-state index contributed by atoms with van der Waals surface area (Å²) in [6, 6.07) is 3.12. The molecule has 1 aromatic rings. The molecule has 1 aromatic heterocycles. The lowest BCUT2D eigenvalue weighted by Gasteiger charge is -2.20. The smallest absolute Gasteiger partial charge is 0.252 e. The molecular weight excluding hydrogens is 308 g/mol. The largest absolute Gasteiger partial charge is 0.395 e. The molecule has 0 spiro atoms. The van der Waals surface area contributed by atoms with E-state index in [9.17, 15) is 17.2 Å². The topological polar surface area (TPSA) is 57.6 Å². The van der Waals surface area contributed by atoms with Crippen molar-refractivity contribution in [1.29, 1.82) is 0 Å². The zero-order valence-corrected chi connectivity index (χ0v) is 13.3. The number of hydrogen-bond donors (Lipinski definition) is 1. The number of hydrogen-bond acceptors (Lipinski definition) is 4. The lowest BCUT2D eigenvalue weighted by atomic mass is 9.95. The molecule has 1 N–H and O–H groups in total. The van der Waals surface area contributed by atoms with Crippen LogP contribution in [0.25, 0.3) is 0 Å². The van der Waals surface area contributed by atoms with E-state index in [0.717, 1.165) is 16.2 Å². The van der Waals surface area contributed by atoms with Gasteiger partial charge in [0.2, 0.25) is 0 Å². The quantitative estimate of drug-likeness (QED) is 0.872. The van der Waals surface area contributed by atoms with Gasteiger partial charge in [0.25, 0.3) is 16.4 Å². The summed E-state index contributed by atoms with van der Waals surface area (Å²) in [7, 11) is -3.99. The monoisotopic (exact) mass is 327 g/mol. The lowest BCUT2D eigenvalue weighted by molar-refractivity contribution is 0.113. The zero-order valence-electron chi connectivity index (χ0n) is 11.6. The Morgan fingerprint density at radius 3 is 2.35 bits per heavy atom. The van der Waals surface area contributed by atoms with Crippen LogP contribution in [0.5, 0.6) is 0 Å². The molecule has 20 heavy (non-hydrogen) atoms. The second kappa shape index (κ2) is 6.46. The van der Waals surface area contributed by atoms with Gasteiger partial charge >= 0.3 is 0 Å². The normalized spacial score (nSPS) is 13.4. The van der Waals surface area contributed by atoms with Crippen LogP contribution >= 0.6 is 11.3 Å². The maximum absolute atomic E-state index is 12.5. The molecule has 1 rings (SSSR count). The van der Waals surface area contributed by atoms with Crippen molar-refractivity contribution in [1.82, 2.24) is 4.31 Å².